The molecular weight excluding hydrogens is 128 g/mol. The predicted molar refractivity (Wildman–Crippen MR) is 41.0 cm³/mol. The molecule has 0 spiro atoms. The van der Waals surface area contributed by atoms with Crippen molar-refractivity contribution in [3.05, 3.63) is 0 Å². The Hall–Kier alpha value is -0.160. The van der Waals surface area contributed by atoms with Gasteiger partial charge < -0.3 is 0 Å². The van der Waals surface area contributed by atoms with Gasteiger partial charge in [-0.2, -0.15) is 0 Å². The summed E-state index contributed by atoms with van der Waals surface area (Å²) in [4.78, 5) is 0. The van der Waals surface area contributed by atoms with Crippen LogP contribution in [0.4, 0.5) is 0 Å². The van der Waals surface area contributed by atoms with Gasteiger partial charge in [-0.25, -0.2) is 5.01 Å². The van der Waals surface area contributed by atoms with E-state index < -0.39 is 0 Å². The van der Waals surface area contributed by atoms with Crippen LogP contribution < -0.4 is 16.7 Å². The molecule has 10 heavy (non-hydrogen) atoms. The second-order valence-electron chi connectivity index (χ2n) is 2.65. The smallest absolute Gasteiger partial charge is 0.0236 e. The lowest BCUT2D eigenvalue weighted by molar-refractivity contribution is 0.149. The number of nitrogens with zero attached hydrogens (tertiary/aromatic N) is 1. The number of piperidine rings is 1. The molecule has 0 amide bonds. The van der Waals surface area contributed by atoms with E-state index in [2.05, 4.69) is 15.9 Å². The lowest BCUT2D eigenvalue weighted by Crippen LogP contribution is -2.48. The highest BCUT2D eigenvalue weighted by molar-refractivity contribution is 4.72. The Balaban J connectivity index is 2.17. The van der Waals surface area contributed by atoms with Crippen LogP contribution in [-0.4, -0.2) is 31.2 Å². The average Bonchev–Trinajstić information content (AvgIpc) is 2.05. The molecule has 4 nitrogen and oxygen atoms in total. The van der Waals surface area contributed by atoms with Crippen LogP contribution >= 0.6 is 0 Å². The predicted octanol–water partition coefficient (Wildman–Crippen LogP) is -0.951. The molecule has 1 fully saturated rings. The standard InChI is InChI=1S/C6H16N4/c1-8-10-4-2-6(9-7)3-5-10/h6,8-9H,2-5,7H2,1H3. The zero-order valence-electron chi connectivity index (χ0n) is 6.43. The third-order valence-electron chi connectivity index (χ3n) is 2.05. The van der Waals surface area contributed by atoms with E-state index in [1.165, 1.54) is 0 Å². The Morgan fingerprint density at radius 3 is 2.40 bits per heavy atom. The highest BCUT2D eigenvalue weighted by atomic mass is 15.5. The van der Waals surface area contributed by atoms with E-state index in [1.807, 2.05) is 7.05 Å². The fraction of sp³-hybridized carbons (Fsp3) is 1.00. The summed E-state index contributed by atoms with van der Waals surface area (Å²) in [5.74, 6) is 5.30. The molecule has 1 heterocycles. The molecule has 0 aromatic rings. The Bertz CT molecular complexity index is 75.7. The van der Waals surface area contributed by atoms with E-state index in [4.69, 9.17) is 5.84 Å². The van der Waals surface area contributed by atoms with Crippen LogP contribution in [-0.2, 0) is 0 Å². The summed E-state index contributed by atoms with van der Waals surface area (Å²) in [5.41, 5.74) is 5.91. The molecule has 0 bridgehead atoms. The van der Waals surface area contributed by atoms with Gasteiger partial charge in [0.05, 0.1) is 0 Å². The summed E-state index contributed by atoms with van der Waals surface area (Å²) in [6.07, 6.45) is 2.27. The maximum Gasteiger partial charge on any atom is 0.0236 e. The van der Waals surface area contributed by atoms with E-state index in [9.17, 15) is 0 Å². The lowest BCUT2D eigenvalue weighted by Gasteiger charge is -2.30. The first-order valence-corrected chi connectivity index (χ1v) is 3.75. The fourth-order valence-electron chi connectivity index (χ4n) is 1.27. The topological polar surface area (TPSA) is 53.3 Å². The van der Waals surface area contributed by atoms with Gasteiger partial charge in [0.2, 0.25) is 0 Å². The number of nitrogens with two attached hydrogens (primary N) is 1. The highest BCUT2D eigenvalue weighted by Gasteiger charge is 2.15. The van der Waals surface area contributed by atoms with Gasteiger partial charge in [-0.3, -0.25) is 16.7 Å². The van der Waals surface area contributed by atoms with Crippen molar-refractivity contribution in [2.24, 2.45) is 5.84 Å². The van der Waals surface area contributed by atoms with Crippen molar-refractivity contribution in [1.82, 2.24) is 15.9 Å². The second kappa shape index (κ2) is 3.88. The van der Waals surface area contributed by atoms with Gasteiger partial charge in [0.15, 0.2) is 0 Å². The van der Waals surface area contributed by atoms with Gasteiger partial charge in [0.25, 0.3) is 0 Å². The minimum absolute atomic E-state index is 0.518. The van der Waals surface area contributed by atoms with Gasteiger partial charge in [-0.1, -0.05) is 0 Å². The van der Waals surface area contributed by atoms with Crippen molar-refractivity contribution in [3.63, 3.8) is 0 Å². The summed E-state index contributed by atoms with van der Waals surface area (Å²) >= 11 is 0. The number of nitrogens with one attached hydrogen (secondary N) is 2. The third-order valence-corrected chi connectivity index (χ3v) is 2.05. The minimum Gasteiger partial charge on any atom is -0.271 e. The molecule has 1 saturated heterocycles. The first-order valence-electron chi connectivity index (χ1n) is 3.75. The summed E-state index contributed by atoms with van der Waals surface area (Å²) in [6, 6.07) is 0.518. The first-order chi connectivity index (χ1) is 4.86. The molecule has 60 valence electrons. The van der Waals surface area contributed by atoms with Crippen LogP contribution in [0.3, 0.4) is 0 Å². The van der Waals surface area contributed by atoms with Crippen molar-refractivity contribution in [2.75, 3.05) is 20.1 Å². The van der Waals surface area contributed by atoms with Crippen LogP contribution in [0.15, 0.2) is 0 Å². The number of rotatable bonds is 2. The number of hydrogen-bond acceptors (Lipinski definition) is 4. The maximum atomic E-state index is 5.30. The molecule has 1 rings (SSSR count). The summed E-state index contributed by atoms with van der Waals surface area (Å²) < 4.78 is 0. The molecule has 0 unspecified atom stereocenters. The Kier molecular flexibility index (Phi) is 3.08. The fourth-order valence-corrected chi connectivity index (χ4v) is 1.27. The quantitative estimate of drug-likeness (QED) is 0.345. The lowest BCUT2D eigenvalue weighted by atomic mass is 10.1. The largest absolute Gasteiger partial charge is 0.271 e. The highest BCUT2D eigenvalue weighted by Crippen LogP contribution is 2.05. The van der Waals surface area contributed by atoms with Gasteiger partial charge in [0, 0.05) is 19.1 Å². The SMILES string of the molecule is CNN1CCC(NN)CC1. The molecule has 0 atom stereocenters. The minimum atomic E-state index is 0.518. The molecule has 0 aromatic carbocycles. The molecule has 1 aliphatic rings. The van der Waals surface area contributed by atoms with Crippen LogP contribution in [0.2, 0.25) is 0 Å². The van der Waals surface area contributed by atoms with E-state index in [-0.39, 0.29) is 0 Å². The van der Waals surface area contributed by atoms with Crippen molar-refractivity contribution in [1.29, 1.82) is 0 Å². The van der Waals surface area contributed by atoms with E-state index in [0.29, 0.717) is 6.04 Å². The summed E-state index contributed by atoms with van der Waals surface area (Å²) in [5, 5.41) is 2.20. The van der Waals surface area contributed by atoms with E-state index >= 15 is 0 Å². The van der Waals surface area contributed by atoms with Crippen molar-refractivity contribution in [3.8, 4) is 0 Å². The molecule has 1 aliphatic heterocycles. The molecule has 0 saturated carbocycles. The van der Waals surface area contributed by atoms with Crippen molar-refractivity contribution in [2.45, 2.75) is 18.9 Å². The maximum absolute atomic E-state index is 5.30. The third kappa shape index (κ3) is 1.91. The van der Waals surface area contributed by atoms with Gasteiger partial charge in [-0.05, 0) is 19.9 Å². The normalized spacial score (nSPS) is 23.4. The molecular formula is C6H16N4. The second-order valence-corrected chi connectivity index (χ2v) is 2.65. The Morgan fingerprint density at radius 2 is 2.00 bits per heavy atom. The van der Waals surface area contributed by atoms with Crippen LogP contribution in [0, 0.1) is 0 Å². The summed E-state index contributed by atoms with van der Waals surface area (Å²) in [7, 11) is 1.95. The number of hydrogen-bond donors (Lipinski definition) is 3. The Labute approximate surface area is 61.7 Å². The van der Waals surface area contributed by atoms with Crippen LogP contribution in [0.25, 0.3) is 0 Å². The van der Waals surface area contributed by atoms with Gasteiger partial charge >= 0.3 is 0 Å². The van der Waals surface area contributed by atoms with Crippen molar-refractivity contribution >= 4 is 0 Å². The zero-order valence-corrected chi connectivity index (χ0v) is 6.43. The molecule has 0 aromatic heterocycles. The van der Waals surface area contributed by atoms with Gasteiger partial charge in [0.1, 0.15) is 0 Å². The molecule has 0 aliphatic carbocycles. The summed E-state index contributed by atoms with van der Waals surface area (Å²) in [6.45, 7) is 2.18. The zero-order chi connectivity index (χ0) is 7.40. The van der Waals surface area contributed by atoms with Gasteiger partial charge in [-0.15, -0.1) is 0 Å². The van der Waals surface area contributed by atoms with E-state index in [1.54, 1.807) is 0 Å². The first kappa shape index (κ1) is 7.94. The molecule has 4 heteroatoms. The Morgan fingerprint density at radius 1 is 1.40 bits per heavy atom. The van der Waals surface area contributed by atoms with E-state index in [0.717, 1.165) is 25.9 Å². The molecule has 0 radical (unpaired) electrons. The van der Waals surface area contributed by atoms with Crippen LogP contribution in [0.1, 0.15) is 12.8 Å². The molecule has 4 N–H and O–H groups in total. The van der Waals surface area contributed by atoms with Crippen LogP contribution in [0.5, 0.6) is 0 Å². The van der Waals surface area contributed by atoms with Crippen molar-refractivity contribution < 1.29 is 0 Å². The number of hydrazine groups is 2. The monoisotopic (exact) mass is 144 g/mol. The average molecular weight is 144 g/mol.